The Bertz CT molecular complexity index is 422. The van der Waals surface area contributed by atoms with Gasteiger partial charge in [-0.3, -0.25) is 4.90 Å². The van der Waals surface area contributed by atoms with Gasteiger partial charge in [-0.1, -0.05) is 20.8 Å². The third kappa shape index (κ3) is 3.63. The van der Waals surface area contributed by atoms with E-state index in [-0.39, 0.29) is 6.04 Å². The molecule has 0 aromatic carbocycles. The van der Waals surface area contributed by atoms with Crippen LogP contribution in [-0.2, 0) is 0 Å². The van der Waals surface area contributed by atoms with Crippen LogP contribution in [0.3, 0.4) is 0 Å². The van der Waals surface area contributed by atoms with Crippen LogP contribution < -0.4 is 5.73 Å². The molecule has 3 heteroatoms. The number of nitrogens with two attached hydrogens (primary N) is 1. The second kappa shape index (κ2) is 6.17. The molecule has 2 N–H and O–H groups in total. The van der Waals surface area contributed by atoms with Crippen molar-refractivity contribution in [3.63, 3.8) is 0 Å². The van der Waals surface area contributed by atoms with E-state index in [0.717, 1.165) is 5.92 Å². The highest BCUT2D eigenvalue weighted by atomic mass is 32.1. The molecule has 2 atom stereocenters. The highest BCUT2D eigenvalue weighted by Gasteiger charge is 2.33. The molecule has 2 heterocycles. The Kier molecular flexibility index (Phi) is 4.93. The molecule has 1 saturated heterocycles. The van der Waals surface area contributed by atoms with Crippen LogP contribution in [0.15, 0.2) is 12.1 Å². The largest absolute Gasteiger partial charge is 0.326 e. The highest BCUT2D eigenvalue weighted by molar-refractivity contribution is 7.12. The lowest BCUT2D eigenvalue weighted by Gasteiger charge is -2.42. The molecule has 0 bridgehead atoms. The van der Waals surface area contributed by atoms with Gasteiger partial charge in [0.05, 0.1) is 6.04 Å². The van der Waals surface area contributed by atoms with Gasteiger partial charge in [0.25, 0.3) is 0 Å². The third-order valence-electron chi connectivity index (χ3n) is 4.70. The maximum absolute atomic E-state index is 6.29. The molecule has 1 aliphatic heterocycles. The molecule has 0 spiro atoms. The fraction of sp³-hybridized carbons (Fsp3) is 0.765. The van der Waals surface area contributed by atoms with Crippen LogP contribution in [0.2, 0.25) is 0 Å². The van der Waals surface area contributed by atoms with Gasteiger partial charge in [0.15, 0.2) is 0 Å². The van der Waals surface area contributed by atoms with E-state index in [1.807, 2.05) is 11.3 Å². The molecule has 1 aliphatic rings. The van der Waals surface area contributed by atoms with Gasteiger partial charge in [-0.05, 0) is 63.2 Å². The molecule has 1 aromatic rings. The van der Waals surface area contributed by atoms with Crippen LogP contribution in [0, 0.1) is 18.3 Å². The number of nitrogens with zero attached hydrogens (tertiary/aromatic N) is 1. The van der Waals surface area contributed by atoms with Crippen molar-refractivity contribution in [3.05, 3.63) is 21.9 Å². The Labute approximate surface area is 128 Å². The maximum atomic E-state index is 6.29. The van der Waals surface area contributed by atoms with E-state index >= 15 is 0 Å². The predicted molar refractivity (Wildman–Crippen MR) is 89.2 cm³/mol. The van der Waals surface area contributed by atoms with Gasteiger partial charge in [0.2, 0.25) is 0 Å². The second-order valence-corrected chi connectivity index (χ2v) is 8.75. The number of hydrogen-bond donors (Lipinski definition) is 1. The summed E-state index contributed by atoms with van der Waals surface area (Å²) in [5.74, 6) is 0.845. The van der Waals surface area contributed by atoms with Gasteiger partial charge in [-0.2, -0.15) is 0 Å². The van der Waals surface area contributed by atoms with Gasteiger partial charge >= 0.3 is 0 Å². The molecule has 114 valence electrons. The second-order valence-electron chi connectivity index (χ2n) is 7.43. The van der Waals surface area contributed by atoms with Crippen LogP contribution in [0.25, 0.3) is 0 Å². The summed E-state index contributed by atoms with van der Waals surface area (Å²) >= 11 is 1.90. The van der Waals surface area contributed by atoms with Gasteiger partial charge < -0.3 is 5.73 Å². The summed E-state index contributed by atoms with van der Waals surface area (Å²) in [6, 6.07) is 5.08. The summed E-state index contributed by atoms with van der Waals surface area (Å²) in [5.41, 5.74) is 6.73. The van der Waals surface area contributed by atoms with Crippen LogP contribution >= 0.6 is 11.3 Å². The molecule has 0 amide bonds. The summed E-state index contributed by atoms with van der Waals surface area (Å²) < 4.78 is 0. The fourth-order valence-electron chi connectivity index (χ4n) is 3.43. The Morgan fingerprint density at radius 2 is 1.85 bits per heavy atom. The normalized spacial score (nSPS) is 21.9. The van der Waals surface area contributed by atoms with E-state index in [1.54, 1.807) is 0 Å². The summed E-state index contributed by atoms with van der Waals surface area (Å²) in [6.45, 7) is 13.8. The average molecular weight is 295 g/mol. The highest BCUT2D eigenvalue weighted by Crippen LogP contribution is 2.38. The van der Waals surface area contributed by atoms with E-state index in [2.05, 4.69) is 51.7 Å². The lowest BCUT2D eigenvalue weighted by atomic mass is 9.75. The Hall–Kier alpha value is -0.380. The summed E-state index contributed by atoms with van der Waals surface area (Å²) in [5, 5.41) is 0. The molecule has 0 saturated carbocycles. The third-order valence-corrected chi connectivity index (χ3v) is 5.77. The zero-order chi connectivity index (χ0) is 14.9. The van der Waals surface area contributed by atoms with E-state index in [4.69, 9.17) is 5.73 Å². The lowest BCUT2D eigenvalue weighted by Crippen LogP contribution is -2.45. The number of piperidine rings is 1. The summed E-state index contributed by atoms with van der Waals surface area (Å²) in [4.78, 5) is 5.43. The van der Waals surface area contributed by atoms with Crippen LogP contribution in [0.5, 0.6) is 0 Å². The van der Waals surface area contributed by atoms with Crippen molar-refractivity contribution in [1.29, 1.82) is 0 Å². The molecule has 2 nitrogen and oxygen atoms in total. The number of hydrogen-bond acceptors (Lipinski definition) is 3. The smallest absolute Gasteiger partial charge is 0.0590 e. The minimum atomic E-state index is 0.194. The Morgan fingerprint density at radius 1 is 1.25 bits per heavy atom. The topological polar surface area (TPSA) is 29.3 Å². The van der Waals surface area contributed by atoms with Gasteiger partial charge in [-0.15, -0.1) is 11.3 Å². The average Bonchev–Trinajstić information content (AvgIpc) is 2.75. The first-order valence-electron chi connectivity index (χ1n) is 7.85. The minimum Gasteiger partial charge on any atom is -0.326 e. The predicted octanol–water partition coefficient (Wildman–Crippen LogP) is 4.20. The van der Waals surface area contributed by atoms with Crippen molar-refractivity contribution in [1.82, 2.24) is 4.90 Å². The Morgan fingerprint density at radius 3 is 2.25 bits per heavy atom. The van der Waals surface area contributed by atoms with E-state index in [9.17, 15) is 0 Å². The first kappa shape index (κ1) is 16.0. The number of rotatable bonds is 3. The van der Waals surface area contributed by atoms with Gasteiger partial charge in [0.1, 0.15) is 0 Å². The van der Waals surface area contributed by atoms with Gasteiger partial charge in [-0.25, -0.2) is 0 Å². The summed E-state index contributed by atoms with van der Waals surface area (Å²) in [6.07, 6.45) is 2.61. The van der Waals surface area contributed by atoms with E-state index < -0.39 is 0 Å². The van der Waals surface area contributed by atoms with E-state index in [0.29, 0.717) is 11.5 Å². The van der Waals surface area contributed by atoms with Crippen LogP contribution in [0.1, 0.15) is 56.3 Å². The standard InChI is InChI=1S/C17H30N2S/c1-12-6-7-15(20-12)16(13(2)18)19-10-8-14(9-11-19)17(3,4)5/h6-7,13-14,16H,8-11,18H2,1-5H3. The Balaban J connectivity index is 2.06. The molecule has 2 rings (SSSR count). The zero-order valence-corrected chi connectivity index (χ0v) is 14.5. The van der Waals surface area contributed by atoms with Crippen molar-refractivity contribution in [3.8, 4) is 0 Å². The quantitative estimate of drug-likeness (QED) is 0.905. The molecule has 1 aromatic heterocycles. The van der Waals surface area contributed by atoms with Crippen molar-refractivity contribution < 1.29 is 0 Å². The van der Waals surface area contributed by atoms with Crippen LogP contribution in [0.4, 0.5) is 0 Å². The molecule has 2 unspecified atom stereocenters. The van der Waals surface area contributed by atoms with E-state index in [1.165, 1.54) is 35.7 Å². The molecule has 0 aliphatic carbocycles. The summed E-state index contributed by atoms with van der Waals surface area (Å²) in [7, 11) is 0. The molecule has 20 heavy (non-hydrogen) atoms. The zero-order valence-electron chi connectivity index (χ0n) is 13.6. The monoisotopic (exact) mass is 294 g/mol. The SMILES string of the molecule is Cc1ccc(C(C(C)N)N2CCC(C(C)(C)C)CC2)s1. The molecule has 1 fully saturated rings. The number of likely N-dealkylation sites (tertiary alicyclic amines) is 1. The lowest BCUT2D eigenvalue weighted by molar-refractivity contribution is 0.0761. The van der Waals surface area contributed by atoms with Crippen molar-refractivity contribution >= 4 is 11.3 Å². The number of thiophene rings is 1. The maximum Gasteiger partial charge on any atom is 0.0590 e. The molecular weight excluding hydrogens is 264 g/mol. The molecular formula is C17H30N2S. The first-order chi connectivity index (χ1) is 9.29. The first-order valence-corrected chi connectivity index (χ1v) is 8.66. The van der Waals surface area contributed by atoms with Crippen molar-refractivity contribution in [2.45, 2.75) is 59.5 Å². The van der Waals surface area contributed by atoms with Gasteiger partial charge in [0, 0.05) is 15.8 Å². The van der Waals surface area contributed by atoms with Crippen LogP contribution in [-0.4, -0.2) is 24.0 Å². The minimum absolute atomic E-state index is 0.194. The fourth-order valence-corrected chi connectivity index (χ4v) is 4.56. The molecule has 0 radical (unpaired) electrons. The van der Waals surface area contributed by atoms with Crippen molar-refractivity contribution in [2.75, 3.05) is 13.1 Å². The number of aryl methyl sites for hydroxylation is 1. The van der Waals surface area contributed by atoms with Crippen molar-refractivity contribution in [2.24, 2.45) is 17.1 Å².